The minimum absolute atomic E-state index is 0.113. The average molecular weight is 373 g/mol. The van der Waals surface area contributed by atoms with Crippen molar-refractivity contribution in [3.63, 3.8) is 0 Å². The molecule has 132 valence electrons. The third-order valence-electron chi connectivity index (χ3n) is 3.70. The number of rotatable bonds is 2. The maximum Gasteiger partial charge on any atom is 0.453 e. The summed E-state index contributed by atoms with van der Waals surface area (Å²) in [5.41, 5.74) is 0.988. The molecule has 25 heavy (non-hydrogen) atoms. The monoisotopic (exact) mass is 372 g/mol. The largest absolute Gasteiger partial charge is 0.466 e. The molecule has 1 aromatic heterocycles. The van der Waals surface area contributed by atoms with E-state index in [1.54, 1.807) is 31.2 Å². The molecule has 2 heterocycles. The number of alkyl halides is 3. The zero-order valence-electron chi connectivity index (χ0n) is 13.1. The van der Waals surface area contributed by atoms with Gasteiger partial charge in [0.15, 0.2) is 0 Å². The van der Waals surface area contributed by atoms with Gasteiger partial charge in [0.25, 0.3) is 5.82 Å². The van der Waals surface area contributed by atoms with E-state index in [-0.39, 0.29) is 11.5 Å². The minimum Gasteiger partial charge on any atom is -0.466 e. The van der Waals surface area contributed by atoms with Gasteiger partial charge in [-0.1, -0.05) is 23.7 Å². The zero-order valence-corrected chi connectivity index (χ0v) is 13.8. The standard InChI is InChI=1S/C15H12ClF3N4O2/c1-7-10(12(24)25-2)11(8-3-5-9(16)6-4-8)23-14(20-7)21-13(22-23)15(17,18)19/h3-6,11H,1-2H3,(H,20,21,22)/t11-/m1/s1. The summed E-state index contributed by atoms with van der Waals surface area (Å²) >= 11 is 5.87. The number of fused-ring (bicyclic) bond motifs is 1. The summed E-state index contributed by atoms with van der Waals surface area (Å²) in [7, 11) is 1.19. The first-order valence-electron chi connectivity index (χ1n) is 7.07. The number of allylic oxidation sites excluding steroid dienone is 1. The summed E-state index contributed by atoms with van der Waals surface area (Å²) in [5.74, 6) is -2.09. The average Bonchev–Trinajstić information content (AvgIpc) is 2.97. The zero-order chi connectivity index (χ0) is 18.4. The van der Waals surface area contributed by atoms with Crippen molar-refractivity contribution in [1.82, 2.24) is 14.8 Å². The highest BCUT2D eigenvalue weighted by Gasteiger charge is 2.41. The molecule has 10 heteroatoms. The molecule has 0 amide bonds. The number of halogens is 4. The number of nitrogens with zero attached hydrogens (tertiary/aromatic N) is 3. The first-order chi connectivity index (χ1) is 11.7. The van der Waals surface area contributed by atoms with Crippen LogP contribution in [0, 0.1) is 0 Å². The van der Waals surface area contributed by atoms with Crippen LogP contribution >= 0.6 is 11.6 Å². The SMILES string of the molecule is COC(=O)C1=C(C)Nc2nc(C(F)(F)F)nn2[C@@H]1c1ccc(Cl)cc1. The molecular weight excluding hydrogens is 361 g/mol. The third-order valence-corrected chi connectivity index (χ3v) is 3.95. The highest BCUT2D eigenvalue weighted by molar-refractivity contribution is 6.30. The van der Waals surface area contributed by atoms with Crippen LogP contribution < -0.4 is 5.32 Å². The molecule has 0 fully saturated rings. The normalized spacial score (nSPS) is 17.1. The topological polar surface area (TPSA) is 69.0 Å². The fourth-order valence-corrected chi connectivity index (χ4v) is 2.72. The molecular formula is C15H12ClF3N4O2. The molecule has 1 aliphatic heterocycles. The minimum atomic E-state index is -4.71. The molecule has 0 saturated carbocycles. The molecule has 0 bridgehead atoms. The molecule has 1 aliphatic rings. The smallest absolute Gasteiger partial charge is 0.453 e. The van der Waals surface area contributed by atoms with Crippen molar-refractivity contribution in [2.24, 2.45) is 0 Å². The van der Waals surface area contributed by atoms with Gasteiger partial charge >= 0.3 is 12.1 Å². The van der Waals surface area contributed by atoms with Crippen LogP contribution in [0.4, 0.5) is 19.1 Å². The van der Waals surface area contributed by atoms with E-state index in [1.807, 2.05) is 0 Å². The quantitative estimate of drug-likeness (QED) is 0.818. The maximum absolute atomic E-state index is 13.0. The summed E-state index contributed by atoms with van der Waals surface area (Å²) in [6.45, 7) is 1.56. The highest BCUT2D eigenvalue weighted by atomic mass is 35.5. The van der Waals surface area contributed by atoms with E-state index >= 15 is 0 Å². The first-order valence-corrected chi connectivity index (χ1v) is 7.45. The summed E-state index contributed by atoms with van der Waals surface area (Å²) < 4.78 is 44.8. The summed E-state index contributed by atoms with van der Waals surface area (Å²) in [6, 6.07) is 5.43. The molecule has 0 unspecified atom stereocenters. The lowest BCUT2D eigenvalue weighted by atomic mass is 9.96. The number of esters is 1. The van der Waals surface area contributed by atoms with Crippen LogP contribution in [0.1, 0.15) is 24.4 Å². The van der Waals surface area contributed by atoms with E-state index in [9.17, 15) is 18.0 Å². The van der Waals surface area contributed by atoms with E-state index < -0.39 is 24.0 Å². The van der Waals surface area contributed by atoms with Crippen LogP contribution in [0.25, 0.3) is 0 Å². The van der Waals surface area contributed by atoms with E-state index in [0.717, 1.165) is 4.68 Å². The fourth-order valence-electron chi connectivity index (χ4n) is 2.60. The summed E-state index contributed by atoms with van der Waals surface area (Å²) in [6.07, 6.45) is -4.71. The van der Waals surface area contributed by atoms with Gasteiger partial charge in [0, 0.05) is 10.7 Å². The highest BCUT2D eigenvalue weighted by Crippen LogP contribution is 2.38. The Labute approximate surface area is 145 Å². The molecule has 1 N–H and O–H groups in total. The Balaban J connectivity index is 2.20. The van der Waals surface area contributed by atoms with Gasteiger partial charge in [-0.15, -0.1) is 5.10 Å². The number of anilines is 1. The molecule has 1 aromatic carbocycles. The number of benzene rings is 1. The molecule has 2 aromatic rings. The second-order valence-corrected chi connectivity index (χ2v) is 5.75. The second-order valence-electron chi connectivity index (χ2n) is 5.31. The van der Waals surface area contributed by atoms with Crippen molar-refractivity contribution in [3.05, 3.63) is 51.9 Å². The van der Waals surface area contributed by atoms with Crippen molar-refractivity contribution < 1.29 is 22.7 Å². The number of carbonyl (C=O) groups excluding carboxylic acids is 1. The van der Waals surface area contributed by atoms with Gasteiger partial charge in [0.05, 0.1) is 12.7 Å². The number of carbonyl (C=O) groups is 1. The van der Waals surface area contributed by atoms with Crippen LogP contribution in [0.3, 0.4) is 0 Å². The van der Waals surface area contributed by atoms with Gasteiger partial charge in [0.2, 0.25) is 5.95 Å². The van der Waals surface area contributed by atoms with E-state index in [4.69, 9.17) is 16.3 Å². The molecule has 0 saturated heterocycles. The van der Waals surface area contributed by atoms with Gasteiger partial charge in [-0.2, -0.15) is 18.2 Å². The Morgan fingerprint density at radius 2 is 1.96 bits per heavy atom. The Bertz CT molecular complexity index is 859. The summed E-state index contributed by atoms with van der Waals surface area (Å²) in [4.78, 5) is 15.7. The predicted molar refractivity (Wildman–Crippen MR) is 83.0 cm³/mol. The first kappa shape index (κ1) is 17.3. The Morgan fingerprint density at radius 1 is 1.32 bits per heavy atom. The molecule has 1 atom stereocenters. The van der Waals surface area contributed by atoms with Crippen LogP contribution in [-0.4, -0.2) is 27.8 Å². The van der Waals surface area contributed by atoms with Crippen LogP contribution in [0.2, 0.25) is 5.02 Å². The van der Waals surface area contributed by atoms with Crippen molar-refractivity contribution in [2.45, 2.75) is 19.1 Å². The van der Waals surface area contributed by atoms with Gasteiger partial charge in [-0.3, -0.25) is 0 Å². The van der Waals surface area contributed by atoms with Crippen molar-refractivity contribution in [3.8, 4) is 0 Å². The van der Waals surface area contributed by atoms with Crippen LogP contribution in [0.5, 0.6) is 0 Å². The van der Waals surface area contributed by atoms with Crippen molar-refractivity contribution in [1.29, 1.82) is 0 Å². The number of nitrogens with one attached hydrogen (secondary N) is 1. The van der Waals surface area contributed by atoms with E-state index in [2.05, 4.69) is 15.4 Å². The molecule has 3 rings (SSSR count). The lowest BCUT2D eigenvalue weighted by molar-refractivity contribution is -0.145. The van der Waals surface area contributed by atoms with Gasteiger partial charge in [-0.25, -0.2) is 9.48 Å². The lowest BCUT2D eigenvalue weighted by Gasteiger charge is -2.27. The summed E-state index contributed by atoms with van der Waals surface area (Å²) in [5, 5.41) is 6.67. The van der Waals surface area contributed by atoms with Gasteiger partial charge in [0.1, 0.15) is 6.04 Å². The van der Waals surface area contributed by atoms with Gasteiger partial charge in [-0.05, 0) is 24.6 Å². The number of ether oxygens (including phenoxy) is 1. The Kier molecular flexibility index (Phi) is 4.19. The van der Waals surface area contributed by atoms with E-state index in [1.165, 1.54) is 7.11 Å². The number of hydrogen-bond acceptors (Lipinski definition) is 5. The maximum atomic E-state index is 13.0. The lowest BCUT2D eigenvalue weighted by Crippen LogP contribution is -2.29. The number of aromatic nitrogens is 3. The van der Waals surface area contributed by atoms with Crippen molar-refractivity contribution in [2.75, 3.05) is 12.4 Å². The Hall–Kier alpha value is -2.55. The van der Waals surface area contributed by atoms with E-state index in [0.29, 0.717) is 16.3 Å². The molecule has 0 spiro atoms. The van der Waals surface area contributed by atoms with Crippen molar-refractivity contribution >= 4 is 23.5 Å². The van der Waals surface area contributed by atoms with Crippen LogP contribution in [0.15, 0.2) is 35.5 Å². The second kappa shape index (κ2) is 6.07. The molecule has 0 aliphatic carbocycles. The van der Waals surface area contributed by atoms with Gasteiger partial charge < -0.3 is 10.1 Å². The predicted octanol–water partition coefficient (Wildman–Crippen LogP) is 3.41. The molecule has 6 nitrogen and oxygen atoms in total. The number of methoxy groups -OCH3 is 1. The number of hydrogen-bond donors (Lipinski definition) is 1. The fraction of sp³-hybridized carbons (Fsp3) is 0.267. The van der Waals surface area contributed by atoms with Crippen LogP contribution in [-0.2, 0) is 15.7 Å². The Morgan fingerprint density at radius 3 is 2.52 bits per heavy atom. The molecule has 0 radical (unpaired) electrons. The third kappa shape index (κ3) is 3.07.